The minimum atomic E-state index is 0.227. The maximum absolute atomic E-state index is 9.43. The van der Waals surface area contributed by atoms with Crippen molar-refractivity contribution in [1.82, 2.24) is 14.6 Å². The average Bonchev–Trinajstić information content (AvgIpc) is 2.72. The van der Waals surface area contributed by atoms with Crippen LogP contribution in [0.1, 0.15) is 0 Å². The zero-order valence-corrected chi connectivity index (χ0v) is 8.41. The minimum Gasteiger partial charge on any atom is -0.508 e. The first-order valence-electron chi connectivity index (χ1n) is 4.94. The van der Waals surface area contributed by atoms with E-state index < -0.39 is 0 Å². The lowest BCUT2D eigenvalue weighted by Gasteiger charge is -1.99. The highest BCUT2D eigenvalue weighted by atomic mass is 16.3. The number of fused-ring (bicyclic) bond motifs is 1. The molecule has 0 atom stereocenters. The fraction of sp³-hybridized carbons (Fsp3) is 0. The number of aromatic nitrogens is 3. The van der Waals surface area contributed by atoms with E-state index >= 15 is 0 Å². The predicted molar refractivity (Wildman–Crippen MR) is 60.1 cm³/mol. The molecule has 0 amide bonds. The van der Waals surface area contributed by atoms with Crippen LogP contribution in [0.4, 0.5) is 0 Å². The SMILES string of the molecule is Oc1cccc(-c2nnc3ccccn23)c1. The van der Waals surface area contributed by atoms with Gasteiger partial charge in [0.05, 0.1) is 0 Å². The average molecular weight is 211 g/mol. The van der Waals surface area contributed by atoms with Crippen molar-refractivity contribution < 1.29 is 5.11 Å². The van der Waals surface area contributed by atoms with Crippen LogP contribution < -0.4 is 0 Å². The molecule has 2 aromatic heterocycles. The van der Waals surface area contributed by atoms with Crippen molar-refractivity contribution >= 4 is 5.65 Å². The fourth-order valence-corrected chi connectivity index (χ4v) is 1.68. The largest absolute Gasteiger partial charge is 0.508 e. The van der Waals surface area contributed by atoms with Crippen molar-refractivity contribution in [1.29, 1.82) is 0 Å². The summed E-state index contributed by atoms with van der Waals surface area (Å²) in [4.78, 5) is 0. The molecule has 0 unspecified atom stereocenters. The summed E-state index contributed by atoms with van der Waals surface area (Å²) in [6.45, 7) is 0. The van der Waals surface area contributed by atoms with Crippen molar-refractivity contribution in [2.45, 2.75) is 0 Å². The Balaban J connectivity index is 2.26. The van der Waals surface area contributed by atoms with Crippen LogP contribution in [0, 0.1) is 0 Å². The van der Waals surface area contributed by atoms with Crippen LogP contribution in [0.25, 0.3) is 17.0 Å². The van der Waals surface area contributed by atoms with Gasteiger partial charge in [-0.25, -0.2) is 0 Å². The van der Waals surface area contributed by atoms with Crippen LogP contribution >= 0.6 is 0 Å². The van der Waals surface area contributed by atoms with E-state index in [1.54, 1.807) is 18.2 Å². The van der Waals surface area contributed by atoms with Gasteiger partial charge >= 0.3 is 0 Å². The van der Waals surface area contributed by atoms with Crippen LogP contribution in [0.2, 0.25) is 0 Å². The minimum absolute atomic E-state index is 0.227. The van der Waals surface area contributed by atoms with Crippen molar-refractivity contribution in [3.8, 4) is 17.1 Å². The molecular weight excluding hydrogens is 202 g/mol. The summed E-state index contributed by atoms with van der Waals surface area (Å²) in [5.74, 6) is 0.955. The van der Waals surface area contributed by atoms with Gasteiger partial charge in [-0.3, -0.25) is 4.40 Å². The predicted octanol–water partition coefficient (Wildman–Crippen LogP) is 2.10. The van der Waals surface area contributed by atoms with Crippen molar-refractivity contribution in [2.24, 2.45) is 0 Å². The number of phenolic OH excluding ortho intramolecular Hbond substituents is 1. The second-order valence-corrected chi connectivity index (χ2v) is 3.50. The molecule has 4 heteroatoms. The van der Waals surface area contributed by atoms with E-state index in [1.165, 1.54) is 0 Å². The Morgan fingerprint density at radius 2 is 1.94 bits per heavy atom. The highest BCUT2D eigenvalue weighted by Crippen LogP contribution is 2.21. The normalized spacial score (nSPS) is 10.8. The zero-order valence-electron chi connectivity index (χ0n) is 8.41. The molecule has 0 aliphatic carbocycles. The van der Waals surface area contributed by atoms with E-state index in [-0.39, 0.29) is 5.75 Å². The molecule has 3 aromatic rings. The third-order valence-corrected chi connectivity index (χ3v) is 2.42. The molecule has 16 heavy (non-hydrogen) atoms. The summed E-state index contributed by atoms with van der Waals surface area (Å²) in [5.41, 5.74) is 1.64. The van der Waals surface area contributed by atoms with Crippen LogP contribution in [0.15, 0.2) is 48.7 Å². The Bertz CT molecular complexity index is 645. The lowest BCUT2D eigenvalue weighted by Crippen LogP contribution is -1.87. The summed E-state index contributed by atoms with van der Waals surface area (Å²) in [7, 11) is 0. The number of phenols is 1. The van der Waals surface area contributed by atoms with Crippen LogP contribution in [0.5, 0.6) is 5.75 Å². The van der Waals surface area contributed by atoms with Gasteiger partial charge in [0.25, 0.3) is 0 Å². The first kappa shape index (κ1) is 8.91. The fourth-order valence-electron chi connectivity index (χ4n) is 1.68. The van der Waals surface area contributed by atoms with Gasteiger partial charge < -0.3 is 5.11 Å². The Morgan fingerprint density at radius 1 is 1.00 bits per heavy atom. The Labute approximate surface area is 91.8 Å². The maximum Gasteiger partial charge on any atom is 0.168 e. The highest BCUT2D eigenvalue weighted by molar-refractivity contribution is 5.60. The molecule has 4 nitrogen and oxygen atoms in total. The smallest absolute Gasteiger partial charge is 0.168 e. The number of hydrogen-bond donors (Lipinski definition) is 1. The quantitative estimate of drug-likeness (QED) is 0.670. The summed E-state index contributed by atoms with van der Waals surface area (Å²) in [6.07, 6.45) is 1.90. The van der Waals surface area contributed by atoms with Gasteiger partial charge in [0.2, 0.25) is 0 Å². The monoisotopic (exact) mass is 211 g/mol. The molecule has 0 spiro atoms. The summed E-state index contributed by atoms with van der Waals surface area (Å²) < 4.78 is 1.88. The molecule has 0 aliphatic heterocycles. The molecule has 0 bridgehead atoms. The first-order chi connectivity index (χ1) is 7.84. The molecule has 3 rings (SSSR count). The van der Waals surface area contributed by atoms with E-state index in [1.807, 2.05) is 34.9 Å². The molecule has 0 saturated carbocycles. The Hall–Kier alpha value is -2.36. The van der Waals surface area contributed by atoms with Crippen molar-refractivity contribution in [3.05, 3.63) is 48.7 Å². The van der Waals surface area contributed by atoms with Crippen LogP contribution in [-0.4, -0.2) is 19.7 Å². The number of nitrogens with zero attached hydrogens (tertiary/aromatic N) is 3. The van der Waals surface area contributed by atoms with E-state index in [4.69, 9.17) is 0 Å². The maximum atomic E-state index is 9.43. The van der Waals surface area contributed by atoms with Gasteiger partial charge in [-0.2, -0.15) is 0 Å². The second kappa shape index (κ2) is 3.34. The molecule has 0 radical (unpaired) electrons. The van der Waals surface area contributed by atoms with Gasteiger partial charge in [0.1, 0.15) is 5.75 Å². The molecular formula is C12H9N3O. The van der Waals surface area contributed by atoms with E-state index in [9.17, 15) is 5.11 Å². The second-order valence-electron chi connectivity index (χ2n) is 3.50. The first-order valence-corrected chi connectivity index (χ1v) is 4.94. The van der Waals surface area contributed by atoms with E-state index in [2.05, 4.69) is 10.2 Å². The molecule has 2 heterocycles. The lowest BCUT2D eigenvalue weighted by molar-refractivity contribution is 0.475. The summed E-state index contributed by atoms with van der Waals surface area (Å²) in [5, 5.41) is 17.6. The topological polar surface area (TPSA) is 50.4 Å². The third-order valence-electron chi connectivity index (χ3n) is 2.42. The molecule has 1 aromatic carbocycles. The number of hydrogen-bond acceptors (Lipinski definition) is 3. The van der Waals surface area contributed by atoms with Gasteiger partial charge in [-0.1, -0.05) is 18.2 Å². The zero-order chi connectivity index (χ0) is 11.0. The van der Waals surface area contributed by atoms with Gasteiger partial charge in [-0.15, -0.1) is 10.2 Å². The van der Waals surface area contributed by atoms with E-state index in [0.717, 1.165) is 17.0 Å². The van der Waals surface area contributed by atoms with E-state index in [0.29, 0.717) is 0 Å². The highest BCUT2D eigenvalue weighted by Gasteiger charge is 2.07. The standard InChI is InChI=1S/C12H9N3O/c16-10-5-3-4-9(8-10)12-14-13-11-6-1-2-7-15(11)12/h1-8,16H. The van der Waals surface area contributed by atoms with Crippen LogP contribution in [0.3, 0.4) is 0 Å². The number of rotatable bonds is 1. The summed E-state index contributed by atoms with van der Waals surface area (Å²) >= 11 is 0. The number of benzene rings is 1. The van der Waals surface area contributed by atoms with Gasteiger partial charge in [0.15, 0.2) is 11.5 Å². The third kappa shape index (κ3) is 1.32. The van der Waals surface area contributed by atoms with Gasteiger partial charge in [0, 0.05) is 11.8 Å². The molecule has 78 valence electrons. The number of aromatic hydroxyl groups is 1. The molecule has 0 fully saturated rings. The van der Waals surface area contributed by atoms with Crippen molar-refractivity contribution in [2.75, 3.05) is 0 Å². The van der Waals surface area contributed by atoms with Crippen LogP contribution in [-0.2, 0) is 0 Å². The molecule has 0 saturated heterocycles. The van der Waals surface area contributed by atoms with Gasteiger partial charge in [-0.05, 0) is 24.3 Å². The Kier molecular flexibility index (Phi) is 1.86. The lowest BCUT2D eigenvalue weighted by atomic mass is 10.2. The molecule has 1 N–H and O–H groups in total. The Morgan fingerprint density at radius 3 is 2.81 bits per heavy atom. The molecule has 0 aliphatic rings. The number of pyridine rings is 1. The summed E-state index contributed by atoms with van der Waals surface area (Å²) in [6, 6.07) is 12.7. The van der Waals surface area contributed by atoms with Crippen molar-refractivity contribution in [3.63, 3.8) is 0 Å².